The highest BCUT2D eigenvalue weighted by molar-refractivity contribution is 6.49. The molecule has 0 saturated carbocycles. The van der Waals surface area contributed by atoms with E-state index in [1.165, 1.54) is 6.42 Å². The molecule has 1 heterocycles. The van der Waals surface area contributed by atoms with Gasteiger partial charge >= 0.3 is 7.05 Å². The molecule has 0 aliphatic carbocycles. The summed E-state index contributed by atoms with van der Waals surface area (Å²) in [7, 11) is 0.293. The molecule has 1 fully saturated rings. The summed E-state index contributed by atoms with van der Waals surface area (Å²) in [6.45, 7) is 10.1. The van der Waals surface area contributed by atoms with Gasteiger partial charge in [-0.15, -0.1) is 13.2 Å². The lowest BCUT2D eigenvalue weighted by Gasteiger charge is -2.21. The third kappa shape index (κ3) is 2.50. The first kappa shape index (κ1) is 9.55. The molecule has 2 nitrogen and oxygen atoms in total. The Bertz CT molecular complexity index is 145. The van der Waals surface area contributed by atoms with E-state index in [2.05, 4.69) is 18.0 Å². The fourth-order valence-corrected chi connectivity index (χ4v) is 1.49. The van der Waals surface area contributed by atoms with Crippen LogP contribution in [0.1, 0.15) is 6.42 Å². The highest BCUT2D eigenvalue weighted by Gasteiger charge is 2.27. The summed E-state index contributed by atoms with van der Waals surface area (Å²) in [5.74, 6) is 0. The van der Waals surface area contributed by atoms with Crippen LogP contribution in [0.15, 0.2) is 25.3 Å². The van der Waals surface area contributed by atoms with Gasteiger partial charge in [0.2, 0.25) is 0 Å². The van der Waals surface area contributed by atoms with E-state index in [1.54, 1.807) is 0 Å². The molecule has 1 rings (SSSR count). The Morgan fingerprint density at radius 1 is 1.33 bits per heavy atom. The highest BCUT2D eigenvalue weighted by Crippen LogP contribution is 2.13. The quantitative estimate of drug-likeness (QED) is 0.452. The van der Waals surface area contributed by atoms with Crippen molar-refractivity contribution in [1.29, 1.82) is 0 Å². The zero-order valence-corrected chi connectivity index (χ0v) is 7.54. The lowest BCUT2D eigenvalue weighted by molar-refractivity contribution is 0.312. The first-order valence-corrected chi connectivity index (χ1v) is 4.46. The molecule has 1 aliphatic heterocycles. The average molecular weight is 165 g/mol. The maximum Gasteiger partial charge on any atom is 0.383 e. The predicted molar refractivity (Wildman–Crippen MR) is 53.1 cm³/mol. The van der Waals surface area contributed by atoms with Gasteiger partial charge in [-0.05, 0) is 12.7 Å². The molecule has 0 aromatic rings. The molecule has 0 amide bonds. The van der Waals surface area contributed by atoms with Gasteiger partial charge in [0.15, 0.2) is 0 Å². The van der Waals surface area contributed by atoms with Gasteiger partial charge in [-0.3, -0.25) is 0 Å². The normalized spacial score (nSPS) is 16.9. The van der Waals surface area contributed by atoms with E-state index in [1.807, 2.05) is 12.2 Å². The van der Waals surface area contributed by atoms with Crippen molar-refractivity contribution < 1.29 is 4.65 Å². The largest absolute Gasteiger partial charge is 0.421 e. The monoisotopic (exact) mass is 165 g/mol. The summed E-state index contributed by atoms with van der Waals surface area (Å²) >= 11 is 0. The second-order valence-electron chi connectivity index (χ2n) is 3.00. The fourth-order valence-electron chi connectivity index (χ4n) is 1.49. The average Bonchev–Trinajstić information content (AvgIpc) is 2.56. The van der Waals surface area contributed by atoms with Crippen molar-refractivity contribution in [3.8, 4) is 0 Å². The zero-order chi connectivity index (χ0) is 8.81. The van der Waals surface area contributed by atoms with E-state index < -0.39 is 0 Å². The van der Waals surface area contributed by atoms with Crippen LogP contribution in [0.5, 0.6) is 0 Å². The minimum atomic E-state index is 0.293. The van der Waals surface area contributed by atoms with Crippen LogP contribution in [0.2, 0.25) is 6.32 Å². The zero-order valence-electron chi connectivity index (χ0n) is 7.54. The first-order chi connectivity index (χ1) is 5.88. The standard InChI is InChI=1S/C9H16BNO/c1-3-7-11(8-4-2)10-6-5-9-12-10/h3-4H,1-2,5-9H2. The van der Waals surface area contributed by atoms with Gasteiger partial charge in [-0.25, -0.2) is 0 Å². The van der Waals surface area contributed by atoms with E-state index in [4.69, 9.17) is 4.65 Å². The van der Waals surface area contributed by atoms with E-state index in [9.17, 15) is 0 Å². The van der Waals surface area contributed by atoms with Crippen molar-refractivity contribution in [2.24, 2.45) is 0 Å². The molecular formula is C9H16BNO. The van der Waals surface area contributed by atoms with Crippen molar-refractivity contribution in [2.75, 3.05) is 19.7 Å². The van der Waals surface area contributed by atoms with Gasteiger partial charge in [0.1, 0.15) is 0 Å². The van der Waals surface area contributed by atoms with Crippen LogP contribution >= 0.6 is 0 Å². The Kier molecular flexibility index (Phi) is 4.12. The lowest BCUT2D eigenvalue weighted by Crippen LogP contribution is -2.39. The van der Waals surface area contributed by atoms with Crippen molar-refractivity contribution in [2.45, 2.75) is 12.7 Å². The summed E-state index contributed by atoms with van der Waals surface area (Å²) < 4.78 is 5.55. The molecule has 0 spiro atoms. The molecule has 0 N–H and O–H groups in total. The molecule has 0 aromatic carbocycles. The van der Waals surface area contributed by atoms with Gasteiger partial charge in [-0.1, -0.05) is 12.2 Å². The van der Waals surface area contributed by atoms with Crippen LogP contribution < -0.4 is 0 Å². The maximum absolute atomic E-state index is 5.55. The van der Waals surface area contributed by atoms with Gasteiger partial charge in [-0.2, -0.15) is 0 Å². The van der Waals surface area contributed by atoms with Crippen LogP contribution in [0.25, 0.3) is 0 Å². The molecule has 12 heavy (non-hydrogen) atoms. The van der Waals surface area contributed by atoms with E-state index in [-0.39, 0.29) is 0 Å². The fraction of sp³-hybridized carbons (Fsp3) is 0.556. The Balaban J connectivity index is 2.38. The van der Waals surface area contributed by atoms with E-state index in [0.717, 1.165) is 26.0 Å². The SMILES string of the molecule is C=CCN(CC=C)B1CCCO1. The molecule has 0 radical (unpaired) electrons. The molecule has 1 saturated heterocycles. The minimum absolute atomic E-state index is 0.293. The van der Waals surface area contributed by atoms with Crippen LogP contribution in [-0.4, -0.2) is 31.6 Å². The summed E-state index contributed by atoms with van der Waals surface area (Å²) in [4.78, 5) is 2.24. The lowest BCUT2D eigenvalue weighted by atomic mass is 9.77. The third-order valence-corrected chi connectivity index (χ3v) is 2.04. The number of hydrogen-bond donors (Lipinski definition) is 0. The molecule has 3 heteroatoms. The van der Waals surface area contributed by atoms with E-state index >= 15 is 0 Å². The molecular weight excluding hydrogens is 149 g/mol. The van der Waals surface area contributed by atoms with E-state index in [0.29, 0.717) is 7.05 Å². The van der Waals surface area contributed by atoms with Crippen LogP contribution in [0.3, 0.4) is 0 Å². The Morgan fingerprint density at radius 3 is 2.42 bits per heavy atom. The molecule has 0 aromatic heterocycles. The Morgan fingerprint density at radius 2 is 2.00 bits per heavy atom. The second kappa shape index (κ2) is 5.17. The summed E-state index contributed by atoms with van der Waals surface area (Å²) in [6.07, 6.45) is 6.13. The van der Waals surface area contributed by atoms with Crippen LogP contribution in [0, 0.1) is 0 Å². The summed E-state index contributed by atoms with van der Waals surface area (Å²) in [5.41, 5.74) is 0. The number of hydrogen-bond acceptors (Lipinski definition) is 2. The Labute approximate surface area is 75.0 Å². The van der Waals surface area contributed by atoms with Crippen molar-refractivity contribution in [1.82, 2.24) is 4.81 Å². The smallest absolute Gasteiger partial charge is 0.383 e. The third-order valence-electron chi connectivity index (χ3n) is 2.04. The minimum Gasteiger partial charge on any atom is -0.421 e. The highest BCUT2D eigenvalue weighted by atomic mass is 16.4. The maximum atomic E-state index is 5.55. The number of rotatable bonds is 5. The molecule has 0 atom stereocenters. The van der Waals surface area contributed by atoms with Crippen molar-refractivity contribution in [3.63, 3.8) is 0 Å². The van der Waals surface area contributed by atoms with Gasteiger partial charge in [0, 0.05) is 19.7 Å². The molecule has 0 unspecified atom stereocenters. The van der Waals surface area contributed by atoms with Crippen LogP contribution in [-0.2, 0) is 4.65 Å². The van der Waals surface area contributed by atoms with Crippen LogP contribution in [0.4, 0.5) is 0 Å². The Hall–Kier alpha value is -0.535. The molecule has 66 valence electrons. The van der Waals surface area contributed by atoms with Gasteiger partial charge in [0.25, 0.3) is 0 Å². The van der Waals surface area contributed by atoms with Gasteiger partial charge in [0.05, 0.1) is 0 Å². The predicted octanol–water partition coefficient (Wildman–Crippen LogP) is 1.57. The van der Waals surface area contributed by atoms with Crippen molar-refractivity contribution in [3.05, 3.63) is 25.3 Å². The summed E-state index contributed by atoms with van der Waals surface area (Å²) in [5, 5.41) is 0. The first-order valence-electron chi connectivity index (χ1n) is 4.46. The topological polar surface area (TPSA) is 12.5 Å². The van der Waals surface area contributed by atoms with Gasteiger partial charge < -0.3 is 9.47 Å². The molecule has 0 bridgehead atoms. The van der Waals surface area contributed by atoms with Crippen molar-refractivity contribution >= 4 is 7.05 Å². The molecule has 1 aliphatic rings. The summed E-state index contributed by atoms with van der Waals surface area (Å²) in [6, 6.07) is 0. The second-order valence-corrected chi connectivity index (χ2v) is 3.00. The number of nitrogens with zero attached hydrogens (tertiary/aromatic N) is 1.